The lowest BCUT2D eigenvalue weighted by atomic mass is 9.85. The van der Waals surface area contributed by atoms with Gasteiger partial charge in [0.1, 0.15) is 21.8 Å². The van der Waals surface area contributed by atoms with Gasteiger partial charge in [-0.1, -0.05) is 29.5 Å². The van der Waals surface area contributed by atoms with E-state index >= 15 is 0 Å². The molecule has 3 aromatic rings. The fourth-order valence-corrected chi connectivity index (χ4v) is 5.46. The summed E-state index contributed by atoms with van der Waals surface area (Å²) in [6.45, 7) is 3.82. The summed E-state index contributed by atoms with van der Waals surface area (Å²) in [5.41, 5.74) is 4.15. The lowest BCUT2D eigenvalue weighted by Gasteiger charge is -2.26. The minimum atomic E-state index is -3.81. The van der Waals surface area contributed by atoms with Crippen molar-refractivity contribution >= 4 is 21.5 Å². The van der Waals surface area contributed by atoms with Crippen molar-refractivity contribution < 1.29 is 13.2 Å². The molecule has 0 unspecified atom stereocenters. The number of hydrogen-bond acceptors (Lipinski definition) is 7. The van der Waals surface area contributed by atoms with Crippen LogP contribution in [0, 0.1) is 11.3 Å². The number of fused-ring (bicyclic) bond motifs is 1. The van der Waals surface area contributed by atoms with Gasteiger partial charge >= 0.3 is 0 Å². The Morgan fingerprint density at radius 2 is 2.03 bits per heavy atom. The lowest BCUT2D eigenvalue weighted by Crippen LogP contribution is -2.35. The normalized spacial score (nSPS) is 15.9. The minimum absolute atomic E-state index is 0.0297. The van der Waals surface area contributed by atoms with Gasteiger partial charge in [-0.2, -0.15) is 18.4 Å². The molecule has 0 saturated carbocycles. The molecule has 1 heterocycles. The molecule has 2 aromatic carbocycles. The number of hydrogen-bond donors (Lipinski definition) is 2. The van der Waals surface area contributed by atoms with Gasteiger partial charge < -0.3 is 4.74 Å². The molecule has 32 heavy (non-hydrogen) atoms. The van der Waals surface area contributed by atoms with E-state index in [4.69, 9.17) is 9.88 Å². The molecule has 10 heteroatoms. The molecule has 0 radical (unpaired) electrons. The maximum absolute atomic E-state index is 11.6. The second kappa shape index (κ2) is 8.96. The van der Waals surface area contributed by atoms with E-state index in [0.717, 1.165) is 40.1 Å². The third kappa shape index (κ3) is 4.81. The Labute approximate surface area is 191 Å². The summed E-state index contributed by atoms with van der Waals surface area (Å²) < 4.78 is 31.4. The van der Waals surface area contributed by atoms with E-state index in [1.165, 1.54) is 11.3 Å². The van der Waals surface area contributed by atoms with Gasteiger partial charge in [0.2, 0.25) is 0 Å². The molecule has 1 aromatic heterocycles. The monoisotopic (exact) mass is 469 g/mol. The van der Waals surface area contributed by atoms with E-state index in [2.05, 4.69) is 21.0 Å². The molecule has 1 atom stereocenters. The zero-order valence-electron chi connectivity index (χ0n) is 17.7. The Morgan fingerprint density at radius 1 is 1.25 bits per heavy atom. The SMILES string of the molecule is CC(C)Oc1ccc(-c2nnc(-c3cccc4c3CCC[C@H]4NS(N)(=O)=O)s2)cc1C#N. The first-order chi connectivity index (χ1) is 15.2. The van der Waals surface area contributed by atoms with Crippen molar-refractivity contribution in [2.75, 3.05) is 0 Å². The van der Waals surface area contributed by atoms with E-state index in [9.17, 15) is 13.7 Å². The maximum atomic E-state index is 11.6. The number of aromatic nitrogens is 2. The molecule has 0 saturated heterocycles. The van der Waals surface area contributed by atoms with Crippen LogP contribution < -0.4 is 14.6 Å². The molecule has 1 aliphatic rings. The molecule has 1 aliphatic carbocycles. The first kappa shape index (κ1) is 22.4. The summed E-state index contributed by atoms with van der Waals surface area (Å²) in [5.74, 6) is 0.543. The Morgan fingerprint density at radius 3 is 2.75 bits per heavy atom. The smallest absolute Gasteiger partial charge is 0.274 e. The predicted molar refractivity (Wildman–Crippen MR) is 123 cm³/mol. The van der Waals surface area contributed by atoms with Crippen LogP contribution in [0.3, 0.4) is 0 Å². The number of rotatable bonds is 6. The van der Waals surface area contributed by atoms with Gasteiger partial charge in [-0.05, 0) is 62.4 Å². The van der Waals surface area contributed by atoms with Crippen LogP contribution >= 0.6 is 11.3 Å². The van der Waals surface area contributed by atoms with Crippen LogP contribution in [0.5, 0.6) is 5.75 Å². The van der Waals surface area contributed by atoms with Gasteiger partial charge in [0, 0.05) is 17.2 Å². The van der Waals surface area contributed by atoms with Crippen LogP contribution in [0.15, 0.2) is 36.4 Å². The third-order valence-electron chi connectivity index (χ3n) is 5.18. The first-order valence-corrected chi connectivity index (χ1v) is 12.6. The van der Waals surface area contributed by atoms with Gasteiger partial charge in [-0.15, -0.1) is 10.2 Å². The summed E-state index contributed by atoms with van der Waals surface area (Å²) in [4.78, 5) is 0. The Hall–Kier alpha value is -2.84. The zero-order chi connectivity index (χ0) is 22.9. The van der Waals surface area contributed by atoms with Crippen molar-refractivity contribution in [2.45, 2.75) is 45.3 Å². The fraction of sp³-hybridized carbons (Fsp3) is 0.318. The molecule has 3 N–H and O–H groups in total. The second-order valence-electron chi connectivity index (χ2n) is 7.88. The average Bonchev–Trinajstić information content (AvgIpc) is 3.22. The van der Waals surface area contributed by atoms with Gasteiger partial charge in [0.15, 0.2) is 0 Å². The highest BCUT2D eigenvalue weighted by atomic mass is 32.2. The van der Waals surface area contributed by atoms with Crippen molar-refractivity contribution in [1.29, 1.82) is 5.26 Å². The molecule has 166 valence electrons. The van der Waals surface area contributed by atoms with Gasteiger partial charge in [0.25, 0.3) is 10.2 Å². The topological polar surface area (TPSA) is 131 Å². The number of nitrogens with one attached hydrogen (secondary N) is 1. The van der Waals surface area contributed by atoms with E-state index in [0.29, 0.717) is 22.7 Å². The van der Waals surface area contributed by atoms with Gasteiger partial charge in [0.05, 0.1) is 11.7 Å². The van der Waals surface area contributed by atoms with Crippen molar-refractivity contribution in [3.05, 3.63) is 53.1 Å². The van der Waals surface area contributed by atoms with Crippen molar-refractivity contribution in [3.63, 3.8) is 0 Å². The lowest BCUT2D eigenvalue weighted by molar-refractivity contribution is 0.242. The van der Waals surface area contributed by atoms with Crippen molar-refractivity contribution in [2.24, 2.45) is 5.14 Å². The van der Waals surface area contributed by atoms with Crippen LogP contribution in [0.1, 0.15) is 49.4 Å². The largest absolute Gasteiger partial charge is 0.490 e. The summed E-state index contributed by atoms with van der Waals surface area (Å²) in [7, 11) is -3.81. The summed E-state index contributed by atoms with van der Waals surface area (Å²) in [5, 5.41) is 24.9. The number of benzene rings is 2. The number of ether oxygens (including phenoxy) is 1. The van der Waals surface area contributed by atoms with Crippen LogP contribution in [-0.2, 0) is 16.6 Å². The van der Waals surface area contributed by atoms with Crippen molar-refractivity contribution in [1.82, 2.24) is 14.9 Å². The quantitative estimate of drug-likeness (QED) is 0.566. The van der Waals surface area contributed by atoms with E-state index in [1.807, 2.05) is 38.1 Å². The fourth-order valence-electron chi connectivity index (χ4n) is 3.93. The molecule has 0 fully saturated rings. The molecule has 0 aliphatic heterocycles. The Balaban J connectivity index is 1.68. The molecular weight excluding hydrogens is 446 g/mol. The number of nitrogens with two attached hydrogens (primary N) is 1. The maximum Gasteiger partial charge on any atom is 0.274 e. The number of nitrogens with zero attached hydrogens (tertiary/aromatic N) is 3. The average molecular weight is 470 g/mol. The first-order valence-electron chi connectivity index (χ1n) is 10.2. The second-order valence-corrected chi connectivity index (χ2v) is 10.2. The molecule has 4 rings (SSSR count). The zero-order valence-corrected chi connectivity index (χ0v) is 19.3. The third-order valence-corrected chi connectivity index (χ3v) is 6.80. The van der Waals surface area contributed by atoms with E-state index in [-0.39, 0.29) is 12.1 Å². The van der Waals surface area contributed by atoms with Gasteiger partial charge in [-0.3, -0.25) is 0 Å². The standard InChI is InChI=1S/C22H23N5O3S2/c1-13(2)30-20-10-9-14(11-15(20)12-23)21-25-26-22(31-21)18-7-3-6-17-16(18)5-4-8-19(17)27-32(24,28)29/h3,6-7,9-11,13,19,27H,4-5,8H2,1-2H3,(H2,24,28,29)/t19-/m1/s1. The van der Waals surface area contributed by atoms with Crippen LogP contribution in [-0.4, -0.2) is 24.7 Å². The predicted octanol–water partition coefficient (Wildman–Crippen LogP) is 3.70. The minimum Gasteiger partial charge on any atom is -0.490 e. The highest BCUT2D eigenvalue weighted by molar-refractivity contribution is 7.87. The highest BCUT2D eigenvalue weighted by Gasteiger charge is 2.26. The van der Waals surface area contributed by atoms with Crippen LogP contribution in [0.2, 0.25) is 0 Å². The summed E-state index contributed by atoms with van der Waals surface area (Å²) >= 11 is 1.43. The molecule has 0 bridgehead atoms. The Kier molecular flexibility index (Phi) is 6.26. The van der Waals surface area contributed by atoms with Gasteiger partial charge in [-0.25, -0.2) is 5.14 Å². The Bertz CT molecular complexity index is 1300. The summed E-state index contributed by atoms with van der Waals surface area (Å²) in [6, 6.07) is 13.0. The van der Waals surface area contributed by atoms with Crippen LogP contribution in [0.25, 0.3) is 21.1 Å². The molecule has 0 amide bonds. The molecular formula is C22H23N5O3S2. The van der Waals surface area contributed by atoms with E-state index in [1.54, 1.807) is 12.1 Å². The van der Waals surface area contributed by atoms with Crippen molar-refractivity contribution in [3.8, 4) is 33.0 Å². The molecule has 8 nitrogen and oxygen atoms in total. The van der Waals surface area contributed by atoms with Crippen LogP contribution in [0.4, 0.5) is 0 Å². The van der Waals surface area contributed by atoms with E-state index < -0.39 is 10.2 Å². The summed E-state index contributed by atoms with van der Waals surface area (Å²) in [6.07, 6.45) is 2.32. The number of nitriles is 1. The highest BCUT2D eigenvalue weighted by Crippen LogP contribution is 2.39. The molecule has 0 spiro atoms.